The summed E-state index contributed by atoms with van der Waals surface area (Å²) in [6.45, 7) is 4.86. The smallest absolute Gasteiger partial charge is 0.0465 e. The number of hydrogen-bond acceptors (Lipinski definition) is 2. The van der Waals surface area contributed by atoms with Crippen LogP contribution in [0.15, 0.2) is 103 Å². The Labute approximate surface area is 295 Å². The minimum absolute atomic E-state index is 0.0754. The molecule has 1 aromatic heterocycles. The Morgan fingerprint density at radius 1 is 0.531 bits per heavy atom. The van der Waals surface area contributed by atoms with Crippen molar-refractivity contribution in [2.45, 2.75) is 82.5 Å². The average molecular weight is 656 g/mol. The SMILES string of the molecule is CC1(C)c2cc(N(c3ccc(C4CC5CCC4C5)cc3)c3ccc(C4CC5CCC4C5)cc3)ccc2-c2cc3c(cc21)sc1ccccc13. The molecule has 0 amide bonds. The summed E-state index contributed by atoms with van der Waals surface area (Å²) in [5.74, 6) is 5.25. The molecule has 49 heavy (non-hydrogen) atoms. The largest absolute Gasteiger partial charge is 0.310 e. The van der Waals surface area contributed by atoms with E-state index in [1.807, 2.05) is 11.3 Å². The van der Waals surface area contributed by atoms with Gasteiger partial charge in [-0.2, -0.15) is 0 Å². The maximum Gasteiger partial charge on any atom is 0.0465 e. The Morgan fingerprint density at radius 2 is 1.12 bits per heavy atom. The molecule has 244 valence electrons. The minimum atomic E-state index is -0.0754. The normalized spacial score (nSPS) is 27.3. The molecule has 11 rings (SSSR count). The standard InChI is InChI=1S/C47H45NS/c1-47(2)43-25-36(19-20-37(43)41-26-42-38-5-3-4-6-45(38)49-46(42)27-44(41)47)48(34-15-11-30(12-16-34)39-23-28-7-9-32(39)21-28)35-17-13-31(14-18-35)40-24-29-8-10-33(40)22-29/h3-6,11-20,25-29,32-33,39-40H,7-10,21-24H2,1-2H3. The zero-order chi connectivity index (χ0) is 32.4. The van der Waals surface area contributed by atoms with Gasteiger partial charge in [0.2, 0.25) is 0 Å². The van der Waals surface area contributed by atoms with Gasteiger partial charge in [0.25, 0.3) is 0 Å². The first kappa shape index (κ1) is 28.9. The number of rotatable bonds is 5. The molecule has 0 N–H and O–H groups in total. The first-order chi connectivity index (χ1) is 24.0. The summed E-state index contributed by atoms with van der Waals surface area (Å²) in [6, 6.07) is 40.7. The van der Waals surface area contributed by atoms with Crippen molar-refractivity contribution in [1.29, 1.82) is 0 Å². The van der Waals surface area contributed by atoms with Crippen molar-refractivity contribution in [1.82, 2.24) is 0 Å². The summed E-state index contributed by atoms with van der Waals surface area (Å²) in [5.41, 5.74) is 12.5. The second-order valence-electron chi connectivity index (χ2n) is 16.9. The Balaban J connectivity index is 1.00. The van der Waals surface area contributed by atoms with E-state index in [9.17, 15) is 0 Å². The van der Waals surface area contributed by atoms with Gasteiger partial charge in [-0.25, -0.2) is 0 Å². The highest BCUT2D eigenvalue weighted by molar-refractivity contribution is 7.25. The molecule has 1 heterocycles. The molecular formula is C47H45NS. The Morgan fingerprint density at radius 3 is 1.71 bits per heavy atom. The maximum atomic E-state index is 2.53. The summed E-state index contributed by atoms with van der Waals surface area (Å²) >= 11 is 1.93. The van der Waals surface area contributed by atoms with Crippen LogP contribution in [0.2, 0.25) is 0 Å². The molecule has 0 spiro atoms. The van der Waals surface area contributed by atoms with Crippen molar-refractivity contribution in [2.75, 3.05) is 4.90 Å². The lowest BCUT2D eigenvalue weighted by Crippen LogP contribution is -2.17. The first-order valence-electron chi connectivity index (χ1n) is 19.1. The molecule has 5 aliphatic rings. The van der Waals surface area contributed by atoms with E-state index in [0.717, 1.165) is 35.5 Å². The number of nitrogens with zero attached hydrogens (tertiary/aromatic N) is 1. The minimum Gasteiger partial charge on any atom is -0.310 e. The third kappa shape index (κ3) is 4.35. The van der Waals surface area contributed by atoms with Crippen LogP contribution in [-0.4, -0.2) is 0 Å². The summed E-state index contributed by atoms with van der Waals surface area (Å²) < 4.78 is 2.77. The van der Waals surface area contributed by atoms with Crippen molar-refractivity contribution >= 4 is 48.6 Å². The van der Waals surface area contributed by atoms with Crippen LogP contribution in [-0.2, 0) is 5.41 Å². The zero-order valence-corrected chi connectivity index (χ0v) is 29.6. The number of fused-ring (bicyclic) bond motifs is 10. The van der Waals surface area contributed by atoms with E-state index < -0.39 is 0 Å². The van der Waals surface area contributed by atoms with Gasteiger partial charge in [-0.15, -0.1) is 11.3 Å². The van der Waals surface area contributed by atoms with Crippen molar-refractivity contribution < 1.29 is 0 Å². The van der Waals surface area contributed by atoms with Gasteiger partial charge in [0.1, 0.15) is 0 Å². The van der Waals surface area contributed by atoms with Crippen molar-refractivity contribution in [2.24, 2.45) is 23.7 Å². The van der Waals surface area contributed by atoms with Crippen molar-refractivity contribution in [3.8, 4) is 11.1 Å². The quantitative estimate of drug-likeness (QED) is 0.179. The molecular weight excluding hydrogens is 611 g/mol. The molecule has 0 saturated heterocycles. The van der Waals surface area contributed by atoms with Gasteiger partial charge in [-0.05, 0) is 162 Å². The van der Waals surface area contributed by atoms with E-state index in [2.05, 4.69) is 122 Å². The number of hydrogen-bond donors (Lipinski definition) is 0. The van der Waals surface area contributed by atoms with Crippen LogP contribution < -0.4 is 4.90 Å². The highest BCUT2D eigenvalue weighted by Gasteiger charge is 2.41. The van der Waals surface area contributed by atoms with Gasteiger partial charge in [-0.1, -0.05) is 75.2 Å². The van der Waals surface area contributed by atoms with Crippen LogP contribution in [0.25, 0.3) is 31.3 Å². The van der Waals surface area contributed by atoms with E-state index in [1.165, 1.54) is 111 Å². The lowest BCUT2D eigenvalue weighted by atomic mass is 9.82. The van der Waals surface area contributed by atoms with Crippen LogP contribution >= 0.6 is 11.3 Å². The van der Waals surface area contributed by atoms with Gasteiger partial charge in [0, 0.05) is 42.6 Å². The molecule has 2 heteroatoms. The molecule has 6 atom stereocenters. The van der Waals surface area contributed by atoms with Gasteiger partial charge in [0.05, 0.1) is 0 Å². The Bertz CT molecular complexity index is 2180. The van der Waals surface area contributed by atoms with E-state index in [1.54, 1.807) is 11.1 Å². The van der Waals surface area contributed by atoms with Crippen LogP contribution in [0.3, 0.4) is 0 Å². The van der Waals surface area contributed by atoms with E-state index in [-0.39, 0.29) is 5.41 Å². The van der Waals surface area contributed by atoms with Gasteiger partial charge in [0.15, 0.2) is 0 Å². The van der Waals surface area contributed by atoms with Crippen molar-refractivity contribution in [3.63, 3.8) is 0 Å². The Kier molecular flexibility index (Phi) is 6.23. The molecule has 4 saturated carbocycles. The van der Waals surface area contributed by atoms with Crippen LogP contribution in [0.4, 0.5) is 17.1 Å². The summed E-state index contributed by atoms with van der Waals surface area (Å²) in [5, 5.41) is 2.77. The van der Waals surface area contributed by atoms with Gasteiger partial charge in [-0.3, -0.25) is 0 Å². The molecule has 6 unspecified atom stereocenters. The lowest BCUT2D eigenvalue weighted by Gasteiger charge is -2.29. The highest BCUT2D eigenvalue weighted by atomic mass is 32.1. The van der Waals surface area contributed by atoms with E-state index in [0.29, 0.717) is 0 Å². The summed E-state index contributed by atoms with van der Waals surface area (Å²) in [4.78, 5) is 2.53. The summed E-state index contributed by atoms with van der Waals surface area (Å²) in [6.07, 6.45) is 11.5. The lowest BCUT2D eigenvalue weighted by molar-refractivity contribution is 0.420. The second kappa shape index (κ2) is 10.6. The average Bonchev–Trinajstić information content (AvgIpc) is 4.00. The predicted octanol–water partition coefficient (Wildman–Crippen LogP) is 13.6. The fourth-order valence-electron chi connectivity index (χ4n) is 11.6. The molecule has 5 aromatic carbocycles. The molecule has 4 fully saturated rings. The van der Waals surface area contributed by atoms with Gasteiger partial charge >= 0.3 is 0 Å². The highest BCUT2D eigenvalue weighted by Crippen LogP contribution is 2.56. The monoisotopic (exact) mass is 655 g/mol. The third-order valence-electron chi connectivity index (χ3n) is 14.1. The van der Waals surface area contributed by atoms with E-state index in [4.69, 9.17) is 0 Å². The predicted molar refractivity (Wildman–Crippen MR) is 208 cm³/mol. The third-order valence-corrected chi connectivity index (χ3v) is 15.2. The number of thiophene rings is 1. The topological polar surface area (TPSA) is 3.24 Å². The molecule has 5 aliphatic carbocycles. The molecule has 1 nitrogen and oxygen atoms in total. The maximum absolute atomic E-state index is 2.53. The molecule has 4 bridgehead atoms. The summed E-state index contributed by atoms with van der Waals surface area (Å²) in [7, 11) is 0. The van der Waals surface area contributed by atoms with Crippen molar-refractivity contribution in [3.05, 3.63) is 125 Å². The molecule has 6 aromatic rings. The Hall–Kier alpha value is -3.88. The number of anilines is 3. The first-order valence-corrected chi connectivity index (χ1v) is 19.9. The van der Waals surface area contributed by atoms with Crippen LogP contribution in [0.5, 0.6) is 0 Å². The fourth-order valence-corrected chi connectivity index (χ4v) is 12.7. The molecule has 0 radical (unpaired) electrons. The van der Waals surface area contributed by atoms with Gasteiger partial charge < -0.3 is 4.90 Å². The second-order valence-corrected chi connectivity index (χ2v) is 18.0. The molecule has 0 aliphatic heterocycles. The zero-order valence-electron chi connectivity index (χ0n) is 28.8. The number of benzene rings is 5. The fraction of sp³-hybridized carbons (Fsp3) is 0.362. The van der Waals surface area contributed by atoms with E-state index >= 15 is 0 Å². The van der Waals surface area contributed by atoms with Crippen LogP contribution in [0, 0.1) is 23.7 Å². The van der Waals surface area contributed by atoms with Crippen LogP contribution in [0.1, 0.15) is 99.3 Å².